The number of nitrogens with zero attached hydrogens (tertiary/aromatic N) is 1. The molecule has 100 valence electrons. The van der Waals surface area contributed by atoms with Crippen molar-refractivity contribution >= 4 is 8.32 Å². The second kappa shape index (κ2) is 6.03. The fourth-order valence-electron chi connectivity index (χ4n) is 2.90. The molecule has 1 aliphatic rings. The van der Waals surface area contributed by atoms with Crippen molar-refractivity contribution < 1.29 is 28.4 Å². The Bertz CT molecular complexity index is 437. The van der Waals surface area contributed by atoms with Crippen LogP contribution in [0.5, 0.6) is 5.75 Å². The molecule has 0 amide bonds. The number of benzene rings is 1. The summed E-state index contributed by atoms with van der Waals surface area (Å²) >= 11 is 0. The van der Waals surface area contributed by atoms with Crippen molar-refractivity contribution in [1.29, 1.82) is 0 Å². The predicted octanol–water partition coefficient (Wildman–Crippen LogP) is -0.857. The van der Waals surface area contributed by atoms with Crippen LogP contribution >= 0.6 is 0 Å². The molecule has 0 N–H and O–H groups in total. The van der Waals surface area contributed by atoms with Gasteiger partial charge in [0.1, 0.15) is 5.75 Å². The zero-order valence-electron chi connectivity index (χ0n) is 12.7. The van der Waals surface area contributed by atoms with E-state index in [1.165, 1.54) is 0 Å². The van der Waals surface area contributed by atoms with Gasteiger partial charge in [0, 0.05) is 0 Å². The first-order chi connectivity index (χ1) is 8.43. The average Bonchev–Trinajstić information content (AvgIpc) is 2.28. The van der Waals surface area contributed by atoms with Crippen LogP contribution in [-0.2, 0) is 5.72 Å². The zero-order valence-corrected chi connectivity index (χ0v) is 13.7. The van der Waals surface area contributed by atoms with Gasteiger partial charge in [0.25, 0.3) is 0 Å². The zero-order chi connectivity index (χ0) is 13.4. The summed E-state index contributed by atoms with van der Waals surface area (Å²) in [5.41, 5.74) is -0.311. The number of fused-ring (bicyclic) bond motifs is 1. The molecule has 0 fully saturated rings. The molecule has 1 aromatic rings. The normalized spacial score (nSPS) is 24.3. The Morgan fingerprint density at radius 2 is 1.84 bits per heavy atom. The molecule has 1 heterocycles. The van der Waals surface area contributed by atoms with Gasteiger partial charge >= 0.3 is 18.9 Å². The molecule has 5 heteroatoms. The first-order valence-electron chi connectivity index (χ1n) is 6.67. The molecule has 0 saturated carbocycles. The summed E-state index contributed by atoms with van der Waals surface area (Å²) in [4.78, 5) is 2.02. The summed E-state index contributed by atoms with van der Waals surface area (Å²) in [6.45, 7) is 9.90. The summed E-state index contributed by atoms with van der Waals surface area (Å²) in [6.07, 6.45) is 0. The van der Waals surface area contributed by atoms with E-state index in [-0.39, 0.29) is 18.9 Å². The summed E-state index contributed by atoms with van der Waals surface area (Å²) < 4.78 is 6.07. The third kappa shape index (κ3) is 3.09. The Morgan fingerprint density at radius 3 is 2.42 bits per heavy atom. The van der Waals surface area contributed by atoms with E-state index in [1.807, 2.05) is 29.2 Å². The molecular weight excluding hydrogens is 249 g/mol. The Balaban J connectivity index is 0.00000180. The van der Waals surface area contributed by atoms with Crippen LogP contribution in [0, 0.1) is 0 Å². The van der Waals surface area contributed by atoms with Gasteiger partial charge in [0.15, 0.2) is 0 Å². The van der Waals surface area contributed by atoms with Crippen molar-refractivity contribution in [2.45, 2.75) is 38.7 Å². The first kappa shape index (κ1) is 16.8. The third-order valence-corrected chi connectivity index (χ3v) is 5.74. The van der Waals surface area contributed by atoms with Gasteiger partial charge in [-0.1, -0.05) is 32.0 Å². The smallest absolute Gasteiger partial charge is 0.834 e. The molecule has 1 aliphatic heterocycles. The summed E-state index contributed by atoms with van der Waals surface area (Å²) in [5.74, 6) is 0.794. The molecule has 0 saturated heterocycles. The molecule has 0 radical (unpaired) electrons. The van der Waals surface area contributed by atoms with E-state index in [4.69, 9.17) is 4.43 Å². The molecule has 0 aliphatic carbocycles. The minimum atomic E-state index is -1.93. The second-order valence-corrected chi connectivity index (χ2v) is 9.57. The summed E-state index contributed by atoms with van der Waals surface area (Å²) in [5, 5.41) is 13.4. The standard InChI is InChI=1S/C14H22NO2Si.Li/c1-5-15(6-2)14(16)11-18(3,4)17-13-10-8-7-9-12(13)14;/h7-10H,5-6,11H2,1-4H3;/q-1;+1. The number of hydrogen-bond acceptors (Lipinski definition) is 3. The van der Waals surface area contributed by atoms with Gasteiger partial charge in [-0.2, -0.15) is 0 Å². The van der Waals surface area contributed by atoms with Gasteiger partial charge in [-0.05, 0) is 49.6 Å². The maximum absolute atomic E-state index is 13.4. The molecule has 1 aromatic carbocycles. The van der Waals surface area contributed by atoms with E-state index in [1.54, 1.807) is 0 Å². The number of rotatable bonds is 3. The maximum atomic E-state index is 13.4. The van der Waals surface area contributed by atoms with Crippen LogP contribution in [0.25, 0.3) is 0 Å². The van der Waals surface area contributed by atoms with Crippen molar-refractivity contribution in [2.24, 2.45) is 0 Å². The van der Waals surface area contributed by atoms with Crippen LogP contribution in [0.3, 0.4) is 0 Å². The van der Waals surface area contributed by atoms with Crippen LogP contribution < -0.4 is 28.4 Å². The Morgan fingerprint density at radius 1 is 1.26 bits per heavy atom. The van der Waals surface area contributed by atoms with E-state index < -0.39 is 14.0 Å². The van der Waals surface area contributed by atoms with Crippen molar-refractivity contribution in [3.05, 3.63) is 29.8 Å². The molecule has 19 heavy (non-hydrogen) atoms. The predicted molar refractivity (Wildman–Crippen MR) is 74.0 cm³/mol. The topological polar surface area (TPSA) is 35.5 Å². The van der Waals surface area contributed by atoms with Crippen molar-refractivity contribution in [2.75, 3.05) is 13.1 Å². The van der Waals surface area contributed by atoms with Crippen LogP contribution in [0.1, 0.15) is 19.4 Å². The van der Waals surface area contributed by atoms with Gasteiger partial charge < -0.3 is 14.4 Å². The molecule has 0 spiro atoms. The van der Waals surface area contributed by atoms with Crippen molar-refractivity contribution in [3.8, 4) is 5.75 Å². The molecule has 0 aromatic heterocycles. The molecule has 1 unspecified atom stereocenters. The van der Waals surface area contributed by atoms with Gasteiger partial charge in [-0.25, -0.2) is 0 Å². The van der Waals surface area contributed by atoms with E-state index >= 15 is 0 Å². The van der Waals surface area contributed by atoms with Crippen LogP contribution in [0.2, 0.25) is 19.1 Å². The third-order valence-electron chi connectivity index (χ3n) is 3.63. The average molecular weight is 271 g/mol. The first-order valence-corrected chi connectivity index (χ1v) is 9.78. The fourth-order valence-corrected chi connectivity index (χ4v) is 5.31. The quantitative estimate of drug-likeness (QED) is 0.530. The molecule has 2 rings (SSSR count). The minimum absolute atomic E-state index is 0. The van der Waals surface area contributed by atoms with Gasteiger partial charge in [-0.15, -0.1) is 0 Å². The van der Waals surface area contributed by atoms with E-state index in [0.717, 1.165) is 24.4 Å². The van der Waals surface area contributed by atoms with Crippen molar-refractivity contribution in [3.63, 3.8) is 0 Å². The van der Waals surface area contributed by atoms with Crippen LogP contribution in [-0.4, -0.2) is 26.3 Å². The second-order valence-electron chi connectivity index (χ2n) is 5.49. The Kier molecular flexibility index (Phi) is 5.33. The number of hydrogen-bond donors (Lipinski definition) is 0. The largest absolute Gasteiger partial charge is 1.00 e. The van der Waals surface area contributed by atoms with Crippen LogP contribution in [0.4, 0.5) is 0 Å². The van der Waals surface area contributed by atoms with E-state index in [0.29, 0.717) is 6.04 Å². The SMILES string of the molecule is CCN(CC)C1([O-])C[Si](C)(C)Oc2ccccc21.[Li+]. The van der Waals surface area contributed by atoms with Crippen molar-refractivity contribution in [1.82, 2.24) is 4.90 Å². The van der Waals surface area contributed by atoms with Crippen LogP contribution in [0.15, 0.2) is 24.3 Å². The fraction of sp³-hybridized carbons (Fsp3) is 0.571. The van der Waals surface area contributed by atoms with Gasteiger partial charge in [0.05, 0.1) is 0 Å². The molecular formula is C14H22LiNO2Si. The maximum Gasteiger partial charge on any atom is 1.00 e. The number of para-hydroxylation sites is 1. The summed E-state index contributed by atoms with van der Waals surface area (Å²) in [6, 6.07) is 8.33. The molecule has 1 atom stereocenters. The van der Waals surface area contributed by atoms with Gasteiger partial charge in [0.2, 0.25) is 8.32 Å². The monoisotopic (exact) mass is 271 g/mol. The van der Waals surface area contributed by atoms with E-state index in [9.17, 15) is 5.11 Å². The Labute approximate surface area is 129 Å². The Hall–Kier alpha value is -0.246. The summed E-state index contributed by atoms with van der Waals surface area (Å²) in [7, 11) is -1.93. The molecule has 0 bridgehead atoms. The van der Waals surface area contributed by atoms with E-state index in [2.05, 4.69) is 26.9 Å². The molecule has 3 nitrogen and oxygen atoms in total. The minimum Gasteiger partial charge on any atom is -0.834 e. The van der Waals surface area contributed by atoms with Gasteiger partial charge in [-0.3, -0.25) is 0 Å².